The van der Waals surface area contributed by atoms with Gasteiger partial charge in [0.15, 0.2) is 0 Å². The lowest BCUT2D eigenvalue weighted by molar-refractivity contribution is 0.00462. The van der Waals surface area contributed by atoms with Gasteiger partial charge in [-0.1, -0.05) is 64.4 Å². The molecule has 0 saturated heterocycles. The minimum atomic E-state index is 0.248. The predicted octanol–water partition coefficient (Wildman–Crippen LogP) is 4.96. The first-order valence-corrected chi connectivity index (χ1v) is 8.62. The van der Waals surface area contributed by atoms with Crippen molar-refractivity contribution in [1.82, 2.24) is 5.32 Å². The lowest BCUT2D eigenvalue weighted by atomic mass is 9.99. The van der Waals surface area contributed by atoms with E-state index in [4.69, 9.17) is 4.74 Å². The normalized spacial score (nSPS) is 15.6. The van der Waals surface area contributed by atoms with Crippen LogP contribution in [0, 0.1) is 5.92 Å². The Kier molecular flexibility index (Phi) is 9.36. The SMILES string of the molecule is CCCNC(c1ccccc1)C(CC)OCC(C)CCC. The molecule has 1 aromatic rings. The number of hydrogen-bond acceptors (Lipinski definition) is 2. The molecule has 1 N–H and O–H groups in total. The second kappa shape index (κ2) is 10.8. The van der Waals surface area contributed by atoms with E-state index in [9.17, 15) is 0 Å². The maximum Gasteiger partial charge on any atom is 0.0767 e. The Labute approximate surface area is 131 Å². The molecule has 0 spiro atoms. The summed E-state index contributed by atoms with van der Waals surface area (Å²) in [6.45, 7) is 10.9. The molecule has 0 aromatic heterocycles. The molecule has 0 radical (unpaired) electrons. The van der Waals surface area contributed by atoms with Crippen LogP contribution in [0.15, 0.2) is 30.3 Å². The lowest BCUT2D eigenvalue weighted by Crippen LogP contribution is -2.35. The summed E-state index contributed by atoms with van der Waals surface area (Å²) in [4.78, 5) is 0. The highest BCUT2D eigenvalue weighted by atomic mass is 16.5. The summed E-state index contributed by atoms with van der Waals surface area (Å²) >= 11 is 0. The Morgan fingerprint density at radius 1 is 1.05 bits per heavy atom. The Balaban J connectivity index is 2.69. The maximum atomic E-state index is 6.26. The van der Waals surface area contributed by atoms with Crippen LogP contribution in [0.5, 0.6) is 0 Å². The minimum Gasteiger partial charge on any atom is -0.376 e. The van der Waals surface area contributed by atoms with Gasteiger partial charge in [0, 0.05) is 6.61 Å². The van der Waals surface area contributed by atoms with Crippen molar-refractivity contribution in [1.29, 1.82) is 0 Å². The molecule has 2 nitrogen and oxygen atoms in total. The number of rotatable bonds is 11. The van der Waals surface area contributed by atoms with Crippen molar-refractivity contribution in [2.24, 2.45) is 5.92 Å². The third kappa shape index (κ3) is 6.62. The van der Waals surface area contributed by atoms with E-state index in [1.807, 2.05) is 0 Å². The van der Waals surface area contributed by atoms with E-state index in [0.717, 1.165) is 26.0 Å². The highest BCUT2D eigenvalue weighted by Gasteiger charge is 2.22. The van der Waals surface area contributed by atoms with Crippen molar-refractivity contribution < 1.29 is 4.74 Å². The molecule has 0 saturated carbocycles. The Hall–Kier alpha value is -0.860. The average Bonchev–Trinajstić information content (AvgIpc) is 2.51. The molecule has 3 unspecified atom stereocenters. The summed E-state index contributed by atoms with van der Waals surface area (Å²) in [6, 6.07) is 11.0. The summed E-state index contributed by atoms with van der Waals surface area (Å²) in [5.41, 5.74) is 1.33. The number of hydrogen-bond donors (Lipinski definition) is 1. The zero-order chi connectivity index (χ0) is 15.5. The van der Waals surface area contributed by atoms with Crippen LogP contribution in [-0.4, -0.2) is 19.3 Å². The maximum absolute atomic E-state index is 6.26. The minimum absolute atomic E-state index is 0.248. The van der Waals surface area contributed by atoms with Gasteiger partial charge in [-0.25, -0.2) is 0 Å². The Bertz CT molecular complexity index is 352. The first kappa shape index (κ1) is 18.2. The van der Waals surface area contributed by atoms with Gasteiger partial charge in [-0.15, -0.1) is 0 Å². The number of benzene rings is 1. The fourth-order valence-corrected chi connectivity index (χ4v) is 2.74. The van der Waals surface area contributed by atoms with Gasteiger partial charge < -0.3 is 10.1 Å². The second-order valence-electron chi connectivity index (χ2n) is 6.02. The summed E-state index contributed by atoms with van der Waals surface area (Å²) in [6.07, 6.45) is 4.91. The van der Waals surface area contributed by atoms with E-state index in [1.54, 1.807) is 0 Å². The van der Waals surface area contributed by atoms with Crippen molar-refractivity contribution in [3.05, 3.63) is 35.9 Å². The van der Waals surface area contributed by atoms with E-state index in [0.29, 0.717) is 12.0 Å². The predicted molar refractivity (Wildman–Crippen MR) is 91.6 cm³/mol. The molecule has 0 amide bonds. The van der Waals surface area contributed by atoms with E-state index >= 15 is 0 Å². The van der Waals surface area contributed by atoms with Crippen LogP contribution < -0.4 is 5.32 Å². The van der Waals surface area contributed by atoms with Crippen LogP contribution in [0.1, 0.15) is 65.0 Å². The molecule has 0 fully saturated rings. The van der Waals surface area contributed by atoms with Crippen molar-refractivity contribution in [3.63, 3.8) is 0 Å². The molecule has 0 bridgehead atoms. The van der Waals surface area contributed by atoms with Crippen molar-refractivity contribution in [3.8, 4) is 0 Å². The van der Waals surface area contributed by atoms with Crippen molar-refractivity contribution >= 4 is 0 Å². The summed E-state index contributed by atoms with van der Waals surface area (Å²) in [5, 5.41) is 3.67. The van der Waals surface area contributed by atoms with Crippen LogP contribution in [0.4, 0.5) is 0 Å². The smallest absolute Gasteiger partial charge is 0.0767 e. The highest BCUT2D eigenvalue weighted by Crippen LogP contribution is 2.23. The Morgan fingerprint density at radius 2 is 1.76 bits per heavy atom. The largest absolute Gasteiger partial charge is 0.376 e. The molecular weight excluding hydrogens is 258 g/mol. The Morgan fingerprint density at radius 3 is 2.33 bits per heavy atom. The van der Waals surface area contributed by atoms with Gasteiger partial charge in [-0.2, -0.15) is 0 Å². The molecule has 2 heteroatoms. The van der Waals surface area contributed by atoms with Crippen molar-refractivity contribution in [2.75, 3.05) is 13.2 Å². The third-order valence-electron chi connectivity index (χ3n) is 3.92. The number of ether oxygens (including phenoxy) is 1. The van der Waals surface area contributed by atoms with Gasteiger partial charge in [-0.05, 0) is 37.3 Å². The molecular formula is C19H33NO. The van der Waals surface area contributed by atoms with E-state index in [1.165, 1.54) is 18.4 Å². The van der Waals surface area contributed by atoms with E-state index in [2.05, 4.69) is 63.3 Å². The third-order valence-corrected chi connectivity index (χ3v) is 3.92. The van der Waals surface area contributed by atoms with Crippen LogP contribution in [0.2, 0.25) is 0 Å². The van der Waals surface area contributed by atoms with Gasteiger partial charge in [-0.3, -0.25) is 0 Å². The molecule has 21 heavy (non-hydrogen) atoms. The van der Waals surface area contributed by atoms with Crippen molar-refractivity contribution in [2.45, 2.75) is 65.5 Å². The molecule has 0 aliphatic heterocycles. The quantitative estimate of drug-likeness (QED) is 0.622. The molecule has 120 valence electrons. The molecule has 0 heterocycles. The molecule has 3 atom stereocenters. The number of nitrogens with one attached hydrogen (secondary N) is 1. The van der Waals surface area contributed by atoms with Crippen LogP contribution >= 0.6 is 0 Å². The van der Waals surface area contributed by atoms with Gasteiger partial charge in [0.25, 0.3) is 0 Å². The van der Waals surface area contributed by atoms with E-state index in [-0.39, 0.29) is 6.10 Å². The summed E-state index contributed by atoms with van der Waals surface area (Å²) in [7, 11) is 0. The van der Waals surface area contributed by atoms with Gasteiger partial charge >= 0.3 is 0 Å². The van der Waals surface area contributed by atoms with Gasteiger partial charge in [0.1, 0.15) is 0 Å². The first-order valence-electron chi connectivity index (χ1n) is 8.62. The standard InChI is InChI=1S/C19H33NO/c1-5-11-16(4)15-21-18(7-3)19(20-14-6-2)17-12-9-8-10-13-17/h8-10,12-13,16,18-20H,5-7,11,14-15H2,1-4H3. The zero-order valence-electron chi connectivity index (χ0n) is 14.3. The van der Waals surface area contributed by atoms with Gasteiger partial charge in [0.05, 0.1) is 12.1 Å². The molecule has 0 aliphatic carbocycles. The average molecular weight is 291 g/mol. The summed E-state index contributed by atoms with van der Waals surface area (Å²) in [5.74, 6) is 0.645. The van der Waals surface area contributed by atoms with E-state index < -0.39 is 0 Å². The van der Waals surface area contributed by atoms with Crippen LogP contribution in [0.25, 0.3) is 0 Å². The molecule has 1 rings (SSSR count). The van der Waals surface area contributed by atoms with Crippen LogP contribution in [0.3, 0.4) is 0 Å². The first-order chi connectivity index (χ1) is 10.2. The summed E-state index contributed by atoms with van der Waals surface area (Å²) < 4.78 is 6.26. The van der Waals surface area contributed by atoms with Crippen LogP contribution in [-0.2, 0) is 4.74 Å². The fourth-order valence-electron chi connectivity index (χ4n) is 2.74. The fraction of sp³-hybridized carbons (Fsp3) is 0.684. The lowest BCUT2D eigenvalue weighted by Gasteiger charge is -2.29. The molecule has 0 aliphatic rings. The topological polar surface area (TPSA) is 21.3 Å². The second-order valence-corrected chi connectivity index (χ2v) is 6.02. The monoisotopic (exact) mass is 291 g/mol. The highest BCUT2D eigenvalue weighted by molar-refractivity contribution is 5.20. The molecule has 1 aromatic carbocycles. The zero-order valence-corrected chi connectivity index (χ0v) is 14.3. The van der Waals surface area contributed by atoms with Gasteiger partial charge in [0.2, 0.25) is 0 Å².